The molecule has 2 aromatic rings. The van der Waals surface area contributed by atoms with Crippen LogP contribution < -0.4 is 4.72 Å². The van der Waals surface area contributed by atoms with E-state index in [4.69, 9.17) is 4.74 Å². The van der Waals surface area contributed by atoms with E-state index in [1.54, 1.807) is 18.2 Å². The van der Waals surface area contributed by atoms with Gasteiger partial charge < -0.3 is 9.64 Å². The van der Waals surface area contributed by atoms with Crippen molar-refractivity contribution >= 4 is 21.9 Å². The number of nitrogens with one attached hydrogen (secondary N) is 1. The maximum atomic E-state index is 13.5. The lowest BCUT2D eigenvalue weighted by atomic mass is 9.98. The van der Waals surface area contributed by atoms with E-state index in [-0.39, 0.29) is 23.3 Å². The van der Waals surface area contributed by atoms with Gasteiger partial charge in [0.1, 0.15) is 18.7 Å². The maximum absolute atomic E-state index is 13.5. The summed E-state index contributed by atoms with van der Waals surface area (Å²) >= 11 is 0. The average Bonchev–Trinajstić information content (AvgIpc) is 2.82. The van der Waals surface area contributed by atoms with Gasteiger partial charge >= 0.3 is 5.97 Å². The topological polar surface area (TPSA) is 92.8 Å². The van der Waals surface area contributed by atoms with Crippen LogP contribution in [-0.2, 0) is 31.0 Å². The zero-order valence-corrected chi connectivity index (χ0v) is 20.0. The fourth-order valence-electron chi connectivity index (χ4n) is 3.99. The molecule has 2 atom stereocenters. The summed E-state index contributed by atoms with van der Waals surface area (Å²) in [6.07, 6.45) is 2.39. The van der Waals surface area contributed by atoms with Gasteiger partial charge in [-0.15, -0.1) is 0 Å². The van der Waals surface area contributed by atoms with Gasteiger partial charge in [0.15, 0.2) is 0 Å². The van der Waals surface area contributed by atoms with Crippen LogP contribution in [0.25, 0.3) is 0 Å². The average molecular weight is 473 g/mol. The maximum Gasteiger partial charge on any atom is 0.329 e. The highest BCUT2D eigenvalue weighted by atomic mass is 32.2. The molecule has 0 spiro atoms. The van der Waals surface area contributed by atoms with Gasteiger partial charge in [-0.05, 0) is 49.3 Å². The Bertz CT molecular complexity index is 1030. The molecule has 1 saturated heterocycles. The van der Waals surface area contributed by atoms with E-state index >= 15 is 0 Å². The number of nitrogens with zero attached hydrogens (tertiary/aromatic N) is 1. The van der Waals surface area contributed by atoms with Crippen LogP contribution in [-0.4, -0.2) is 43.8 Å². The molecule has 7 nitrogen and oxygen atoms in total. The van der Waals surface area contributed by atoms with Gasteiger partial charge in [0.05, 0.1) is 4.90 Å². The zero-order valence-electron chi connectivity index (χ0n) is 19.1. The number of carbonyl (C=O) groups is 2. The van der Waals surface area contributed by atoms with Crippen molar-refractivity contribution in [2.75, 3.05) is 6.54 Å². The molecular formula is C25H32N2O5S. The van der Waals surface area contributed by atoms with E-state index in [0.29, 0.717) is 19.4 Å². The first-order valence-electron chi connectivity index (χ1n) is 11.4. The molecule has 33 heavy (non-hydrogen) atoms. The lowest BCUT2D eigenvalue weighted by Crippen LogP contribution is -2.56. The highest BCUT2D eigenvalue weighted by Gasteiger charge is 2.38. The largest absolute Gasteiger partial charge is 0.459 e. The highest BCUT2D eigenvalue weighted by molar-refractivity contribution is 7.89. The Balaban J connectivity index is 1.75. The fraction of sp³-hybridized carbons (Fsp3) is 0.440. The summed E-state index contributed by atoms with van der Waals surface area (Å²) in [4.78, 5) is 28.0. The summed E-state index contributed by atoms with van der Waals surface area (Å²) < 4.78 is 33.9. The Morgan fingerprint density at radius 3 is 2.30 bits per heavy atom. The number of amides is 1. The van der Waals surface area contributed by atoms with Crippen LogP contribution in [0.15, 0.2) is 65.6 Å². The number of hydrogen-bond acceptors (Lipinski definition) is 5. The normalized spacial score (nSPS) is 17.5. The van der Waals surface area contributed by atoms with Crippen molar-refractivity contribution in [3.8, 4) is 0 Å². The van der Waals surface area contributed by atoms with E-state index in [1.807, 2.05) is 44.2 Å². The van der Waals surface area contributed by atoms with Crippen LogP contribution in [0.1, 0.15) is 45.1 Å². The summed E-state index contributed by atoms with van der Waals surface area (Å²) in [5.41, 5.74) is 0.868. The third-order valence-corrected chi connectivity index (χ3v) is 7.13. The molecule has 1 aliphatic rings. The highest BCUT2D eigenvalue weighted by Crippen LogP contribution is 2.22. The molecule has 1 fully saturated rings. The van der Waals surface area contributed by atoms with Crippen molar-refractivity contribution in [1.29, 1.82) is 0 Å². The Hall–Kier alpha value is -2.71. The number of ether oxygens (including phenoxy) is 1. The first kappa shape index (κ1) is 24.9. The van der Waals surface area contributed by atoms with Crippen molar-refractivity contribution in [2.45, 2.75) is 63.1 Å². The summed E-state index contributed by atoms with van der Waals surface area (Å²) in [5.74, 6) is -0.767. The second-order valence-corrected chi connectivity index (χ2v) is 10.5. The second-order valence-electron chi connectivity index (χ2n) is 8.75. The van der Waals surface area contributed by atoms with Crippen molar-refractivity contribution in [3.05, 3.63) is 66.2 Å². The minimum atomic E-state index is -3.89. The molecule has 1 heterocycles. The molecule has 0 aromatic heterocycles. The molecule has 0 bridgehead atoms. The first-order valence-corrected chi connectivity index (χ1v) is 12.8. The van der Waals surface area contributed by atoms with Gasteiger partial charge in [-0.1, -0.05) is 62.4 Å². The van der Waals surface area contributed by atoms with E-state index in [2.05, 4.69) is 4.72 Å². The zero-order chi connectivity index (χ0) is 23.8. The van der Waals surface area contributed by atoms with Gasteiger partial charge in [-0.25, -0.2) is 13.2 Å². The molecule has 1 amide bonds. The van der Waals surface area contributed by atoms with Crippen LogP contribution in [0, 0.1) is 5.92 Å². The Morgan fingerprint density at radius 1 is 1.03 bits per heavy atom. The predicted octanol–water partition coefficient (Wildman–Crippen LogP) is 3.50. The minimum Gasteiger partial charge on any atom is -0.459 e. The smallest absolute Gasteiger partial charge is 0.329 e. The Labute approximate surface area is 196 Å². The quantitative estimate of drug-likeness (QED) is 0.564. The van der Waals surface area contributed by atoms with Crippen LogP contribution in [0.5, 0.6) is 0 Å². The van der Waals surface area contributed by atoms with Crippen molar-refractivity contribution < 1.29 is 22.7 Å². The van der Waals surface area contributed by atoms with Crippen molar-refractivity contribution in [2.24, 2.45) is 5.92 Å². The Morgan fingerprint density at radius 2 is 1.67 bits per heavy atom. The molecule has 3 rings (SSSR count). The standard InChI is InChI=1S/C25H32N2O5S/c1-19(2)17-22(26-33(30,31)21-13-7-4-8-14-21)24(28)27-16-10-9-15-23(27)25(29)32-18-20-11-5-3-6-12-20/h3-8,11-14,19,22-23,26H,9-10,15-18H2,1-2H3/t22-,23+/m1/s1. The van der Waals surface area contributed by atoms with Crippen molar-refractivity contribution in [3.63, 3.8) is 0 Å². The minimum absolute atomic E-state index is 0.0747. The molecule has 1 N–H and O–H groups in total. The number of hydrogen-bond donors (Lipinski definition) is 1. The van der Waals surface area contributed by atoms with Crippen LogP contribution in [0.3, 0.4) is 0 Å². The summed E-state index contributed by atoms with van der Waals surface area (Å²) in [5, 5.41) is 0. The summed E-state index contributed by atoms with van der Waals surface area (Å²) in [7, 11) is -3.89. The lowest BCUT2D eigenvalue weighted by molar-refractivity contribution is -0.158. The van der Waals surface area contributed by atoms with Crippen molar-refractivity contribution in [1.82, 2.24) is 9.62 Å². The van der Waals surface area contributed by atoms with Gasteiger partial charge in [0, 0.05) is 6.54 Å². The summed E-state index contributed by atoms with van der Waals surface area (Å²) in [6.45, 7) is 4.39. The first-order chi connectivity index (χ1) is 15.8. The van der Waals surface area contributed by atoms with E-state index in [0.717, 1.165) is 18.4 Å². The van der Waals surface area contributed by atoms with Gasteiger partial charge in [0.2, 0.25) is 15.9 Å². The molecule has 1 aliphatic heterocycles. The SMILES string of the molecule is CC(C)C[C@@H](NS(=O)(=O)c1ccccc1)C(=O)N1CCCC[C@H]1C(=O)OCc1ccccc1. The van der Waals surface area contributed by atoms with Crippen LogP contribution in [0.4, 0.5) is 0 Å². The van der Waals surface area contributed by atoms with Crippen LogP contribution in [0.2, 0.25) is 0 Å². The number of benzene rings is 2. The van der Waals surface area contributed by atoms with Crippen LogP contribution >= 0.6 is 0 Å². The fourth-order valence-corrected chi connectivity index (χ4v) is 5.21. The summed E-state index contributed by atoms with van der Waals surface area (Å²) in [6, 6.07) is 15.7. The molecule has 0 saturated carbocycles. The molecule has 0 aliphatic carbocycles. The monoisotopic (exact) mass is 472 g/mol. The number of piperidine rings is 1. The molecule has 2 aromatic carbocycles. The predicted molar refractivity (Wildman–Crippen MR) is 126 cm³/mol. The number of likely N-dealkylation sites (tertiary alicyclic amines) is 1. The van der Waals surface area contributed by atoms with Gasteiger partial charge in [-0.3, -0.25) is 4.79 Å². The van der Waals surface area contributed by atoms with Gasteiger partial charge in [-0.2, -0.15) is 4.72 Å². The molecular weight excluding hydrogens is 440 g/mol. The lowest BCUT2D eigenvalue weighted by Gasteiger charge is -2.36. The number of esters is 1. The number of rotatable bonds is 9. The Kier molecular flexibility index (Phi) is 8.63. The van der Waals surface area contributed by atoms with E-state index in [9.17, 15) is 18.0 Å². The van der Waals surface area contributed by atoms with Gasteiger partial charge in [0.25, 0.3) is 0 Å². The molecule has 8 heteroatoms. The van der Waals surface area contributed by atoms with E-state index < -0.39 is 28.1 Å². The number of sulfonamides is 1. The molecule has 0 radical (unpaired) electrons. The third kappa shape index (κ3) is 6.88. The van der Waals surface area contributed by atoms with E-state index in [1.165, 1.54) is 17.0 Å². The third-order valence-electron chi connectivity index (χ3n) is 5.64. The number of carbonyl (C=O) groups excluding carboxylic acids is 2. The second kappa shape index (κ2) is 11.4. The molecule has 178 valence electrons. The molecule has 0 unspecified atom stereocenters.